The molecule has 0 saturated heterocycles. The van der Waals surface area contributed by atoms with Crippen LogP contribution in [0.2, 0.25) is 0 Å². The lowest BCUT2D eigenvalue weighted by atomic mass is 9.96. The maximum atomic E-state index is 6.11. The largest absolute Gasteiger partial charge is 0.380 e. The molecule has 1 aromatic heterocycles. The van der Waals surface area contributed by atoms with Crippen molar-refractivity contribution in [3.63, 3.8) is 0 Å². The summed E-state index contributed by atoms with van der Waals surface area (Å²) in [6.45, 7) is 5.35. The molecule has 15 heavy (non-hydrogen) atoms. The Balaban J connectivity index is 2.35. The molecule has 0 aliphatic carbocycles. The zero-order valence-electron chi connectivity index (χ0n) is 9.86. The molecule has 0 bridgehead atoms. The van der Waals surface area contributed by atoms with Crippen LogP contribution in [-0.2, 0) is 18.2 Å². The van der Waals surface area contributed by atoms with Gasteiger partial charge in [0.05, 0.1) is 12.8 Å². The van der Waals surface area contributed by atoms with Gasteiger partial charge in [0.25, 0.3) is 0 Å². The quantitative estimate of drug-likeness (QED) is 0.766. The van der Waals surface area contributed by atoms with Crippen LogP contribution in [0.25, 0.3) is 0 Å². The Morgan fingerprint density at radius 1 is 1.60 bits per heavy atom. The van der Waals surface area contributed by atoms with Crippen molar-refractivity contribution in [3.05, 3.63) is 18.0 Å². The summed E-state index contributed by atoms with van der Waals surface area (Å²) in [7, 11) is 1.92. The summed E-state index contributed by atoms with van der Waals surface area (Å²) in [5.74, 6) is 0. The van der Waals surface area contributed by atoms with Crippen LogP contribution in [0, 0.1) is 0 Å². The highest BCUT2D eigenvalue weighted by Crippen LogP contribution is 2.11. The standard InChI is InChI=1S/C11H21N3O/c1-4-15-9-11(2,12)6-5-10-7-13-14(3)8-10/h7-8H,4-6,9,12H2,1-3H3. The zero-order chi connectivity index (χ0) is 11.3. The lowest BCUT2D eigenvalue weighted by Crippen LogP contribution is -2.41. The number of nitrogens with zero attached hydrogens (tertiary/aromatic N) is 2. The van der Waals surface area contributed by atoms with E-state index in [1.54, 1.807) is 0 Å². The average molecular weight is 211 g/mol. The van der Waals surface area contributed by atoms with E-state index < -0.39 is 0 Å². The van der Waals surface area contributed by atoms with E-state index in [0.29, 0.717) is 6.61 Å². The smallest absolute Gasteiger partial charge is 0.0643 e. The maximum absolute atomic E-state index is 6.11. The van der Waals surface area contributed by atoms with Crippen molar-refractivity contribution < 1.29 is 4.74 Å². The van der Waals surface area contributed by atoms with Crippen molar-refractivity contribution in [3.8, 4) is 0 Å². The van der Waals surface area contributed by atoms with Gasteiger partial charge in [-0.3, -0.25) is 4.68 Å². The van der Waals surface area contributed by atoms with Crippen LogP contribution in [0.4, 0.5) is 0 Å². The summed E-state index contributed by atoms with van der Waals surface area (Å²) in [6, 6.07) is 0. The van der Waals surface area contributed by atoms with Gasteiger partial charge < -0.3 is 10.5 Å². The van der Waals surface area contributed by atoms with Crippen LogP contribution in [0.1, 0.15) is 25.8 Å². The molecular weight excluding hydrogens is 190 g/mol. The summed E-state index contributed by atoms with van der Waals surface area (Å²) in [5, 5.41) is 4.12. The van der Waals surface area contributed by atoms with E-state index in [1.807, 2.05) is 38.0 Å². The number of ether oxygens (including phenoxy) is 1. The molecule has 0 aliphatic heterocycles. The first kappa shape index (κ1) is 12.2. The molecule has 0 radical (unpaired) electrons. The van der Waals surface area contributed by atoms with Crippen molar-refractivity contribution in [1.29, 1.82) is 0 Å². The lowest BCUT2D eigenvalue weighted by Gasteiger charge is -2.23. The van der Waals surface area contributed by atoms with E-state index in [0.717, 1.165) is 19.4 Å². The Kier molecular flexibility index (Phi) is 4.29. The molecular formula is C11H21N3O. The number of aromatic nitrogens is 2. The van der Waals surface area contributed by atoms with Crippen LogP contribution >= 0.6 is 0 Å². The molecule has 86 valence electrons. The predicted molar refractivity (Wildman–Crippen MR) is 60.6 cm³/mol. The van der Waals surface area contributed by atoms with Crippen LogP contribution in [0.5, 0.6) is 0 Å². The Labute approximate surface area is 91.4 Å². The zero-order valence-corrected chi connectivity index (χ0v) is 9.86. The van der Waals surface area contributed by atoms with Crippen molar-refractivity contribution in [1.82, 2.24) is 9.78 Å². The fourth-order valence-corrected chi connectivity index (χ4v) is 1.44. The normalized spacial score (nSPS) is 15.2. The monoisotopic (exact) mass is 211 g/mol. The van der Waals surface area contributed by atoms with Crippen molar-refractivity contribution in [2.24, 2.45) is 12.8 Å². The molecule has 4 heteroatoms. The molecule has 0 fully saturated rings. The lowest BCUT2D eigenvalue weighted by molar-refractivity contribution is 0.0978. The number of rotatable bonds is 6. The minimum Gasteiger partial charge on any atom is -0.380 e. The second-order valence-electron chi connectivity index (χ2n) is 4.31. The molecule has 4 nitrogen and oxygen atoms in total. The minimum absolute atomic E-state index is 0.244. The number of hydrogen-bond donors (Lipinski definition) is 1. The summed E-state index contributed by atoms with van der Waals surface area (Å²) < 4.78 is 7.16. The topological polar surface area (TPSA) is 53.1 Å². The van der Waals surface area contributed by atoms with Gasteiger partial charge in [0, 0.05) is 25.4 Å². The molecule has 1 aromatic rings. The van der Waals surface area contributed by atoms with Crippen molar-refractivity contribution in [2.45, 2.75) is 32.2 Å². The van der Waals surface area contributed by atoms with E-state index in [-0.39, 0.29) is 5.54 Å². The Morgan fingerprint density at radius 2 is 2.33 bits per heavy atom. The molecule has 0 saturated carbocycles. The Hall–Kier alpha value is -0.870. The first-order valence-electron chi connectivity index (χ1n) is 5.37. The van der Waals surface area contributed by atoms with E-state index in [2.05, 4.69) is 5.10 Å². The highest BCUT2D eigenvalue weighted by Gasteiger charge is 2.18. The second-order valence-corrected chi connectivity index (χ2v) is 4.31. The predicted octanol–water partition coefficient (Wildman–Crippen LogP) is 1.11. The van der Waals surface area contributed by atoms with Crippen molar-refractivity contribution in [2.75, 3.05) is 13.2 Å². The molecule has 0 amide bonds. The van der Waals surface area contributed by atoms with Gasteiger partial charge in [-0.1, -0.05) is 0 Å². The molecule has 2 N–H and O–H groups in total. The number of hydrogen-bond acceptors (Lipinski definition) is 3. The molecule has 1 atom stereocenters. The highest BCUT2D eigenvalue weighted by molar-refractivity contribution is 5.04. The van der Waals surface area contributed by atoms with Gasteiger partial charge in [-0.25, -0.2) is 0 Å². The molecule has 0 aliphatic rings. The van der Waals surface area contributed by atoms with E-state index in [9.17, 15) is 0 Å². The SMILES string of the molecule is CCOCC(C)(N)CCc1cnn(C)c1. The summed E-state index contributed by atoms with van der Waals surface area (Å²) in [6.07, 6.45) is 5.78. The van der Waals surface area contributed by atoms with Gasteiger partial charge in [0.15, 0.2) is 0 Å². The van der Waals surface area contributed by atoms with Gasteiger partial charge in [-0.05, 0) is 32.3 Å². The summed E-state index contributed by atoms with van der Waals surface area (Å²) >= 11 is 0. The van der Waals surface area contributed by atoms with E-state index in [4.69, 9.17) is 10.5 Å². The number of aryl methyl sites for hydroxylation is 2. The first-order valence-corrected chi connectivity index (χ1v) is 5.37. The van der Waals surface area contributed by atoms with E-state index >= 15 is 0 Å². The van der Waals surface area contributed by atoms with Gasteiger partial charge >= 0.3 is 0 Å². The van der Waals surface area contributed by atoms with Crippen LogP contribution in [0.15, 0.2) is 12.4 Å². The van der Waals surface area contributed by atoms with Crippen LogP contribution in [-0.4, -0.2) is 28.5 Å². The van der Waals surface area contributed by atoms with Gasteiger partial charge in [-0.2, -0.15) is 5.10 Å². The first-order chi connectivity index (χ1) is 7.03. The van der Waals surface area contributed by atoms with Crippen LogP contribution < -0.4 is 5.73 Å². The average Bonchev–Trinajstić information content (AvgIpc) is 2.59. The fraction of sp³-hybridized carbons (Fsp3) is 0.727. The molecule has 0 spiro atoms. The van der Waals surface area contributed by atoms with Gasteiger partial charge in [-0.15, -0.1) is 0 Å². The highest BCUT2D eigenvalue weighted by atomic mass is 16.5. The molecule has 1 heterocycles. The Morgan fingerprint density at radius 3 is 2.87 bits per heavy atom. The van der Waals surface area contributed by atoms with Crippen molar-refractivity contribution >= 4 is 0 Å². The molecule has 1 rings (SSSR count). The molecule has 1 unspecified atom stereocenters. The fourth-order valence-electron chi connectivity index (χ4n) is 1.44. The van der Waals surface area contributed by atoms with Crippen LogP contribution in [0.3, 0.4) is 0 Å². The Bertz CT molecular complexity index is 294. The summed E-state index contributed by atoms with van der Waals surface area (Å²) in [4.78, 5) is 0. The maximum Gasteiger partial charge on any atom is 0.0643 e. The van der Waals surface area contributed by atoms with Gasteiger partial charge in [0.1, 0.15) is 0 Å². The third kappa shape index (κ3) is 4.44. The van der Waals surface area contributed by atoms with E-state index in [1.165, 1.54) is 5.56 Å². The summed E-state index contributed by atoms with van der Waals surface area (Å²) in [5.41, 5.74) is 7.09. The third-order valence-electron chi connectivity index (χ3n) is 2.38. The molecule has 0 aromatic carbocycles. The minimum atomic E-state index is -0.244. The second kappa shape index (κ2) is 5.28. The number of nitrogens with two attached hydrogens (primary N) is 1. The third-order valence-corrected chi connectivity index (χ3v) is 2.38. The van der Waals surface area contributed by atoms with Gasteiger partial charge in [0.2, 0.25) is 0 Å².